The minimum Gasteiger partial charge on any atom is -0.491 e. The van der Waals surface area contributed by atoms with Crippen molar-refractivity contribution in [1.82, 2.24) is 20.3 Å². The highest BCUT2D eigenvalue weighted by Gasteiger charge is 2.24. The van der Waals surface area contributed by atoms with Gasteiger partial charge in [-0.2, -0.15) is 0 Å². The summed E-state index contributed by atoms with van der Waals surface area (Å²) in [7, 11) is 1.79. The number of hydrogen-bond donors (Lipinski definition) is 3. The molecule has 0 saturated carbocycles. The minimum atomic E-state index is -0.582. The average molecular weight is 479 g/mol. The van der Waals surface area contributed by atoms with E-state index in [0.717, 1.165) is 42.4 Å². The number of nitrogens with one attached hydrogen (secondary N) is 1. The third kappa shape index (κ3) is 6.45. The molecule has 2 aliphatic rings. The van der Waals surface area contributed by atoms with Gasteiger partial charge in [-0.3, -0.25) is 4.98 Å². The maximum absolute atomic E-state index is 9.86. The van der Waals surface area contributed by atoms with Crippen molar-refractivity contribution in [1.29, 1.82) is 0 Å². The molecule has 3 aromatic rings. The Morgan fingerprint density at radius 1 is 1.17 bits per heavy atom. The van der Waals surface area contributed by atoms with Gasteiger partial charge in [0.2, 0.25) is 0 Å². The highest BCUT2D eigenvalue weighted by molar-refractivity contribution is 5.66. The SMILES string of the molecule is C1CCOC1.CNCC(O)COc1cccc(-c2nc(N)c(C)c(N3Cc4cccnc4C3)n2)c1. The summed E-state index contributed by atoms with van der Waals surface area (Å²) in [5, 5.41) is 12.8. The Labute approximate surface area is 206 Å². The second-order valence-electron chi connectivity index (χ2n) is 8.72. The number of rotatable bonds is 7. The van der Waals surface area contributed by atoms with Gasteiger partial charge in [-0.05, 0) is 50.6 Å². The van der Waals surface area contributed by atoms with Crippen LogP contribution in [0.2, 0.25) is 0 Å². The van der Waals surface area contributed by atoms with Gasteiger partial charge in [-0.25, -0.2) is 9.97 Å². The van der Waals surface area contributed by atoms with Crippen molar-refractivity contribution in [3.8, 4) is 17.1 Å². The molecule has 5 rings (SSSR count). The van der Waals surface area contributed by atoms with E-state index in [9.17, 15) is 5.11 Å². The number of aromatic nitrogens is 3. The van der Waals surface area contributed by atoms with Crippen LogP contribution >= 0.6 is 0 Å². The number of nitrogen functional groups attached to an aromatic ring is 1. The monoisotopic (exact) mass is 478 g/mol. The normalized spacial score (nSPS) is 15.3. The smallest absolute Gasteiger partial charge is 0.164 e. The fraction of sp³-hybridized carbons (Fsp3) is 0.423. The number of ether oxygens (including phenoxy) is 2. The first-order valence-electron chi connectivity index (χ1n) is 12.0. The van der Waals surface area contributed by atoms with Gasteiger partial charge in [-0.15, -0.1) is 0 Å². The lowest BCUT2D eigenvalue weighted by Gasteiger charge is -2.20. The van der Waals surface area contributed by atoms with Crippen molar-refractivity contribution >= 4 is 11.6 Å². The summed E-state index contributed by atoms with van der Waals surface area (Å²) in [5.74, 6) is 2.45. The predicted octanol–water partition coefficient (Wildman–Crippen LogP) is 2.71. The van der Waals surface area contributed by atoms with E-state index >= 15 is 0 Å². The lowest BCUT2D eigenvalue weighted by Crippen LogP contribution is -2.29. The molecule has 0 spiro atoms. The Morgan fingerprint density at radius 3 is 2.71 bits per heavy atom. The summed E-state index contributed by atoms with van der Waals surface area (Å²) in [6, 6.07) is 11.5. The molecule has 2 aliphatic heterocycles. The van der Waals surface area contributed by atoms with Gasteiger partial charge in [-0.1, -0.05) is 18.2 Å². The molecule has 0 amide bonds. The van der Waals surface area contributed by atoms with E-state index in [1.54, 1.807) is 7.05 Å². The van der Waals surface area contributed by atoms with Crippen molar-refractivity contribution in [2.24, 2.45) is 0 Å². The zero-order valence-electron chi connectivity index (χ0n) is 20.4. The van der Waals surface area contributed by atoms with E-state index in [-0.39, 0.29) is 6.61 Å². The third-order valence-electron chi connectivity index (χ3n) is 5.95. The topological polar surface area (TPSA) is 119 Å². The molecule has 186 valence electrons. The fourth-order valence-corrected chi connectivity index (χ4v) is 4.03. The summed E-state index contributed by atoms with van der Waals surface area (Å²) < 4.78 is 10.7. The van der Waals surface area contributed by atoms with E-state index in [4.69, 9.17) is 20.2 Å². The molecule has 1 unspecified atom stereocenters. The molecule has 9 heteroatoms. The largest absolute Gasteiger partial charge is 0.491 e. The molecule has 2 aromatic heterocycles. The predicted molar refractivity (Wildman–Crippen MR) is 136 cm³/mol. The zero-order valence-corrected chi connectivity index (χ0v) is 20.4. The number of anilines is 2. The van der Waals surface area contributed by atoms with Gasteiger partial charge in [0.05, 0.1) is 12.2 Å². The van der Waals surface area contributed by atoms with Crippen LogP contribution in [0.1, 0.15) is 29.7 Å². The number of aliphatic hydroxyl groups is 1. The molecule has 9 nitrogen and oxygen atoms in total. The Balaban J connectivity index is 0.000000514. The highest BCUT2D eigenvalue weighted by Crippen LogP contribution is 2.32. The standard InChI is InChI=1S/C22H26N6O2.C4H8O/c1-14-20(23)26-21(15-5-3-7-18(9-15)30-13-17(29)10-24-2)27-22(14)28-11-16-6-4-8-25-19(16)12-28;1-2-4-5-3-1/h3-9,17,24,29H,10-13H2,1-2H3,(H2,23,26,27);1-4H2. The molecule has 1 aromatic carbocycles. The van der Waals surface area contributed by atoms with E-state index < -0.39 is 6.10 Å². The molecule has 0 radical (unpaired) electrons. The van der Waals surface area contributed by atoms with Crippen LogP contribution in [0.5, 0.6) is 5.75 Å². The van der Waals surface area contributed by atoms with Gasteiger partial charge < -0.3 is 30.5 Å². The van der Waals surface area contributed by atoms with Crippen molar-refractivity contribution < 1.29 is 14.6 Å². The fourth-order valence-electron chi connectivity index (χ4n) is 4.03. The van der Waals surface area contributed by atoms with Crippen LogP contribution < -0.4 is 20.7 Å². The van der Waals surface area contributed by atoms with Crippen LogP contribution in [-0.4, -0.2) is 59.6 Å². The molecule has 4 N–H and O–H groups in total. The number of nitrogens with two attached hydrogens (primary N) is 1. The number of pyridine rings is 1. The van der Waals surface area contributed by atoms with Gasteiger partial charge in [0, 0.05) is 43.6 Å². The van der Waals surface area contributed by atoms with Crippen LogP contribution in [0.4, 0.5) is 11.6 Å². The molecule has 4 heterocycles. The van der Waals surface area contributed by atoms with E-state index in [2.05, 4.69) is 26.3 Å². The lowest BCUT2D eigenvalue weighted by molar-refractivity contribution is 0.108. The van der Waals surface area contributed by atoms with Crippen molar-refractivity contribution in [2.75, 3.05) is 44.0 Å². The van der Waals surface area contributed by atoms with E-state index in [0.29, 0.717) is 30.5 Å². The minimum absolute atomic E-state index is 0.200. The summed E-state index contributed by atoms with van der Waals surface area (Å²) in [5.41, 5.74) is 10.2. The van der Waals surface area contributed by atoms with Crippen molar-refractivity contribution in [2.45, 2.75) is 39.0 Å². The Hall–Kier alpha value is -3.27. The van der Waals surface area contributed by atoms with Crippen molar-refractivity contribution in [3.63, 3.8) is 0 Å². The number of hydrogen-bond acceptors (Lipinski definition) is 9. The molecule has 0 bridgehead atoms. The lowest BCUT2D eigenvalue weighted by atomic mass is 10.2. The Morgan fingerprint density at radius 2 is 2.00 bits per heavy atom. The van der Waals surface area contributed by atoms with Gasteiger partial charge >= 0.3 is 0 Å². The summed E-state index contributed by atoms with van der Waals surface area (Å²) in [6.07, 6.45) is 3.79. The number of likely N-dealkylation sites (N-methyl/N-ethyl adjacent to an activating group) is 1. The molecular weight excluding hydrogens is 444 g/mol. The van der Waals surface area contributed by atoms with E-state index in [1.165, 1.54) is 18.4 Å². The number of nitrogens with zero attached hydrogens (tertiary/aromatic N) is 4. The van der Waals surface area contributed by atoms with Gasteiger partial charge in [0.15, 0.2) is 5.82 Å². The van der Waals surface area contributed by atoms with Crippen LogP contribution in [0.15, 0.2) is 42.6 Å². The zero-order chi connectivity index (χ0) is 24.6. The number of aliphatic hydroxyl groups excluding tert-OH is 1. The molecular formula is C26H34N6O3. The summed E-state index contributed by atoms with van der Waals surface area (Å²) >= 11 is 0. The summed E-state index contributed by atoms with van der Waals surface area (Å²) in [4.78, 5) is 16.0. The number of fused-ring (bicyclic) bond motifs is 1. The average Bonchev–Trinajstić information content (AvgIpc) is 3.58. The molecule has 35 heavy (non-hydrogen) atoms. The van der Waals surface area contributed by atoms with E-state index in [1.807, 2.05) is 43.5 Å². The third-order valence-corrected chi connectivity index (χ3v) is 5.95. The quantitative estimate of drug-likeness (QED) is 0.471. The molecule has 0 aliphatic carbocycles. The first-order chi connectivity index (χ1) is 17.0. The van der Waals surface area contributed by atoms with Crippen molar-refractivity contribution in [3.05, 3.63) is 59.4 Å². The first kappa shape index (κ1) is 24.8. The Bertz CT molecular complexity index is 1090. The number of benzene rings is 1. The summed E-state index contributed by atoms with van der Waals surface area (Å²) in [6.45, 7) is 6.04. The molecule has 1 atom stereocenters. The van der Waals surface area contributed by atoms with Crippen LogP contribution in [-0.2, 0) is 17.8 Å². The molecule has 1 saturated heterocycles. The maximum Gasteiger partial charge on any atom is 0.164 e. The maximum atomic E-state index is 9.86. The Kier molecular flexibility index (Phi) is 8.46. The van der Waals surface area contributed by atoms with Crippen LogP contribution in [0, 0.1) is 6.92 Å². The first-order valence-corrected chi connectivity index (χ1v) is 12.0. The second kappa shape index (κ2) is 11.9. The van der Waals surface area contributed by atoms with Gasteiger partial charge in [0.25, 0.3) is 0 Å². The second-order valence-corrected chi connectivity index (χ2v) is 8.72. The van der Waals surface area contributed by atoms with Crippen LogP contribution in [0.25, 0.3) is 11.4 Å². The molecule has 1 fully saturated rings. The highest BCUT2D eigenvalue weighted by atomic mass is 16.5. The van der Waals surface area contributed by atoms with Crippen LogP contribution in [0.3, 0.4) is 0 Å². The van der Waals surface area contributed by atoms with Gasteiger partial charge in [0.1, 0.15) is 30.1 Å².